The van der Waals surface area contributed by atoms with E-state index < -0.39 is 6.64 Å². The van der Waals surface area contributed by atoms with Crippen LogP contribution in [0.25, 0.3) is 0 Å². The van der Waals surface area contributed by atoms with Crippen molar-refractivity contribution in [1.29, 1.82) is 0 Å². The first-order chi connectivity index (χ1) is 11.2. The number of rotatable bonds is 3. The van der Waals surface area contributed by atoms with Gasteiger partial charge in [0.2, 0.25) is 0 Å². The third kappa shape index (κ3) is 2.09. The molecule has 0 spiro atoms. The summed E-state index contributed by atoms with van der Waals surface area (Å²) in [5.74, 6) is 1.03. The molecule has 4 rings (SSSR count). The molecule has 1 aromatic heterocycles. The molecule has 0 bridgehead atoms. The molecule has 0 radical (unpaired) electrons. The minimum absolute atomic E-state index is 0.107. The molecule has 120 valence electrons. The van der Waals surface area contributed by atoms with E-state index in [1.54, 1.807) is 6.21 Å². The van der Waals surface area contributed by atoms with E-state index in [0.717, 1.165) is 56.8 Å². The largest absolute Gasteiger partial charge is 0.381 e. The molecule has 2 fully saturated rings. The Bertz CT molecular complexity index is 616. The fraction of sp³-hybridized carbons (Fsp3) is 0.750. The van der Waals surface area contributed by atoms with Gasteiger partial charge >= 0.3 is 0 Å². The van der Waals surface area contributed by atoms with Crippen LogP contribution in [0.5, 0.6) is 0 Å². The highest BCUT2D eigenvalue weighted by molar-refractivity contribution is 6.31. The van der Waals surface area contributed by atoms with Crippen molar-refractivity contribution in [2.45, 2.75) is 56.9 Å². The Morgan fingerprint density at radius 2 is 2.23 bits per heavy atom. The van der Waals surface area contributed by atoms with Crippen molar-refractivity contribution < 1.29 is 6.11 Å². The third-order valence-corrected chi connectivity index (χ3v) is 5.76. The van der Waals surface area contributed by atoms with E-state index >= 15 is 0 Å². The zero-order chi connectivity index (χ0) is 16.0. The van der Waals surface area contributed by atoms with Gasteiger partial charge in [-0.25, -0.2) is 9.66 Å². The third-order valence-electron chi connectivity index (χ3n) is 5.48. The van der Waals surface area contributed by atoms with E-state index in [2.05, 4.69) is 21.6 Å². The number of hydrogen-bond donors (Lipinski definition) is 0. The Hall–Kier alpha value is -1.07. The standard InChI is InChI=1S/C16H23ClN4O/c1-2-16(6-3-7-16)15-19-14(17)13-10-18-11-20(21(13)15)12-4-8-22-9-5-12/h10,12H,2-9,11H2,1H3/i11D. The van der Waals surface area contributed by atoms with Gasteiger partial charge in [-0.1, -0.05) is 24.9 Å². The minimum atomic E-state index is -0.636. The van der Waals surface area contributed by atoms with Crippen molar-refractivity contribution in [2.75, 3.05) is 24.9 Å². The van der Waals surface area contributed by atoms with Crippen LogP contribution in [-0.4, -0.2) is 41.8 Å². The Morgan fingerprint density at radius 3 is 2.86 bits per heavy atom. The van der Waals surface area contributed by atoms with Gasteiger partial charge < -0.3 is 4.74 Å². The Labute approximate surface area is 137 Å². The summed E-state index contributed by atoms with van der Waals surface area (Å²) >= 11 is 6.42. The summed E-state index contributed by atoms with van der Waals surface area (Å²) in [4.78, 5) is 9.05. The average Bonchev–Trinajstić information content (AvgIpc) is 2.85. The molecule has 3 heterocycles. The number of halogens is 1. The maximum Gasteiger partial charge on any atom is 0.158 e. The predicted octanol–water partition coefficient (Wildman–Crippen LogP) is 2.88. The molecule has 1 aromatic rings. The lowest BCUT2D eigenvalue weighted by Crippen LogP contribution is -2.51. The highest BCUT2D eigenvalue weighted by Crippen LogP contribution is 2.47. The van der Waals surface area contributed by atoms with E-state index in [0.29, 0.717) is 5.15 Å². The first-order valence-electron chi connectivity index (χ1n) is 8.84. The second-order valence-corrected chi connectivity index (χ2v) is 6.89. The second kappa shape index (κ2) is 5.53. The number of nitrogens with zero attached hydrogens (tertiary/aromatic N) is 4. The number of fused-ring (bicyclic) bond motifs is 1. The summed E-state index contributed by atoms with van der Waals surface area (Å²) in [6, 6.07) is 0.250. The molecule has 5 nitrogen and oxygen atoms in total. The summed E-state index contributed by atoms with van der Waals surface area (Å²) in [6.07, 6.45) is 8.14. The van der Waals surface area contributed by atoms with Crippen LogP contribution in [0.15, 0.2) is 4.99 Å². The van der Waals surface area contributed by atoms with Crippen LogP contribution in [0, 0.1) is 0 Å². The molecular formula is C16H23ClN4O. The number of ether oxygens (including phenoxy) is 1. The van der Waals surface area contributed by atoms with Crippen LogP contribution >= 0.6 is 11.6 Å². The zero-order valence-corrected chi connectivity index (χ0v) is 13.7. The van der Waals surface area contributed by atoms with Crippen molar-refractivity contribution in [2.24, 2.45) is 4.99 Å². The van der Waals surface area contributed by atoms with E-state index in [1.165, 1.54) is 6.42 Å². The van der Waals surface area contributed by atoms with Gasteiger partial charge in [0.05, 0.1) is 13.6 Å². The van der Waals surface area contributed by atoms with Gasteiger partial charge in [-0.05, 0) is 32.1 Å². The van der Waals surface area contributed by atoms with Crippen LogP contribution in [0.4, 0.5) is 0 Å². The monoisotopic (exact) mass is 323 g/mol. The second-order valence-electron chi connectivity index (χ2n) is 6.53. The van der Waals surface area contributed by atoms with Gasteiger partial charge in [0.25, 0.3) is 0 Å². The van der Waals surface area contributed by atoms with Crippen LogP contribution in [0.1, 0.15) is 58.3 Å². The van der Waals surface area contributed by atoms with Gasteiger partial charge in [-0.2, -0.15) is 0 Å². The van der Waals surface area contributed by atoms with Crippen molar-refractivity contribution in [3.63, 3.8) is 0 Å². The van der Waals surface area contributed by atoms with Crippen LogP contribution in [0.2, 0.25) is 5.15 Å². The number of imidazole rings is 1. The van der Waals surface area contributed by atoms with E-state index in [-0.39, 0.29) is 11.5 Å². The van der Waals surface area contributed by atoms with Crippen molar-refractivity contribution >= 4 is 17.8 Å². The van der Waals surface area contributed by atoms with Crippen LogP contribution < -0.4 is 5.01 Å². The van der Waals surface area contributed by atoms with Gasteiger partial charge in [0, 0.05) is 18.6 Å². The van der Waals surface area contributed by atoms with Gasteiger partial charge in [0.1, 0.15) is 18.2 Å². The Balaban J connectivity index is 1.81. The zero-order valence-electron chi connectivity index (χ0n) is 14.0. The smallest absolute Gasteiger partial charge is 0.158 e. The first-order valence-corrected chi connectivity index (χ1v) is 8.64. The molecular weight excluding hydrogens is 300 g/mol. The molecule has 2 aliphatic heterocycles. The highest BCUT2D eigenvalue weighted by atomic mass is 35.5. The van der Waals surface area contributed by atoms with Crippen molar-refractivity contribution in [3.8, 4) is 0 Å². The molecule has 1 atom stereocenters. The number of aromatic nitrogens is 2. The Kier molecular flexibility index (Phi) is 3.36. The van der Waals surface area contributed by atoms with Crippen LogP contribution in [-0.2, 0) is 10.2 Å². The number of aliphatic imine (C=N–C) groups is 1. The molecule has 0 aromatic carbocycles. The summed E-state index contributed by atoms with van der Waals surface area (Å²) in [5, 5.41) is 2.58. The lowest BCUT2D eigenvalue weighted by atomic mass is 9.66. The summed E-state index contributed by atoms with van der Waals surface area (Å²) in [5.41, 5.74) is 0.937. The van der Waals surface area contributed by atoms with Gasteiger partial charge in [-0.3, -0.25) is 10.0 Å². The summed E-state index contributed by atoms with van der Waals surface area (Å²) < 4.78 is 16.0. The number of hydrogen-bond acceptors (Lipinski definition) is 4. The van der Waals surface area contributed by atoms with Crippen molar-refractivity contribution in [3.05, 3.63) is 16.7 Å². The van der Waals surface area contributed by atoms with Crippen molar-refractivity contribution in [1.82, 2.24) is 9.66 Å². The van der Waals surface area contributed by atoms with Gasteiger partial charge in [0.15, 0.2) is 5.15 Å². The molecule has 0 N–H and O–H groups in total. The minimum Gasteiger partial charge on any atom is -0.381 e. The quantitative estimate of drug-likeness (QED) is 0.859. The first kappa shape index (κ1) is 13.4. The maximum absolute atomic E-state index is 8.43. The normalized spacial score (nSPS) is 28.2. The summed E-state index contributed by atoms with van der Waals surface area (Å²) in [6.45, 7) is 3.07. The molecule has 1 saturated carbocycles. The molecule has 1 unspecified atom stereocenters. The lowest BCUT2D eigenvalue weighted by molar-refractivity contribution is 0.0781. The molecule has 3 aliphatic rings. The van der Waals surface area contributed by atoms with E-state index in [9.17, 15) is 0 Å². The summed E-state index contributed by atoms with van der Waals surface area (Å²) in [7, 11) is 0. The SMILES string of the molecule is [2H]C1N=Cc2c(Cl)nc(C3(CC)CCC3)n2N1C1CCOCC1. The Morgan fingerprint density at radius 1 is 1.45 bits per heavy atom. The van der Waals surface area contributed by atoms with Gasteiger partial charge in [-0.15, -0.1) is 0 Å². The van der Waals surface area contributed by atoms with E-state index in [4.69, 9.17) is 22.7 Å². The maximum atomic E-state index is 8.43. The lowest BCUT2D eigenvalue weighted by Gasteiger charge is -2.45. The average molecular weight is 324 g/mol. The topological polar surface area (TPSA) is 42.7 Å². The highest BCUT2D eigenvalue weighted by Gasteiger charge is 2.44. The molecule has 0 amide bonds. The molecule has 1 aliphatic carbocycles. The predicted molar refractivity (Wildman–Crippen MR) is 87.6 cm³/mol. The van der Waals surface area contributed by atoms with Crippen LogP contribution in [0.3, 0.4) is 0 Å². The molecule has 6 heteroatoms. The molecule has 1 saturated heterocycles. The fourth-order valence-electron chi connectivity index (χ4n) is 3.85. The fourth-order valence-corrected chi connectivity index (χ4v) is 4.06. The molecule has 22 heavy (non-hydrogen) atoms. The van der Waals surface area contributed by atoms with E-state index in [1.807, 2.05) is 0 Å².